The third kappa shape index (κ3) is 5.52. The minimum Gasteiger partial charge on any atom is -0.405 e. The van der Waals surface area contributed by atoms with Gasteiger partial charge in [-0.2, -0.15) is 0 Å². The van der Waals surface area contributed by atoms with E-state index in [2.05, 4.69) is 13.5 Å². The molecule has 0 saturated heterocycles. The third-order valence-corrected chi connectivity index (χ3v) is 1.74. The summed E-state index contributed by atoms with van der Waals surface area (Å²) < 4.78 is 0. The largest absolute Gasteiger partial charge is 0.405 e. The number of allylic oxidation sites excluding steroid dienone is 2. The molecule has 0 saturated carbocycles. The number of hydrogen-bond donors (Lipinski definition) is 2. The minimum atomic E-state index is 0.556. The molecular formula is C9H18N2. The van der Waals surface area contributed by atoms with Gasteiger partial charge in [0.05, 0.1) is 0 Å². The Hall–Kier alpha value is -0.920. The second kappa shape index (κ2) is 5.83. The average molecular weight is 154 g/mol. The first-order chi connectivity index (χ1) is 5.20. The van der Waals surface area contributed by atoms with Crippen LogP contribution in [0.15, 0.2) is 24.6 Å². The molecule has 2 nitrogen and oxygen atoms in total. The molecule has 0 aliphatic heterocycles. The van der Waals surface area contributed by atoms with Crippen LogP contribution in [-0.2, 0) is 0 Å². The zero-order chi connectivity index (χ0) is 8.69. The van der Waals surface area contributed by atoms with Gasteiger partial charge in [-0.25, -0.2) is 0 Å². The van der Waals surface area contributed by atoms with Crippen molar-refractivity contribution in [3.05, 3.63) is 24.6 Å². The van der Waals surface area contributed by atoms with Crippen LogP contribution in [0.3, 0.4) is 0 Å². The molecule has 0 spiro atoms. The Morgan fingerprint density at radius 3 is 2.64 bits per heavy atom. The average Bonchev–Trinajstić information content (AvgIpc) is 1.97. The summed E-state index contributed by atoms with van der Waals surface area (Å²) in [7, 11) is 0. The normalized spacial score (nSPS) is 13.5. The maximum Gasteiger partial charge on any atom is 0.000766 e. The zero-order valence-corrected chi connectivity index (χ0v) is 7.22. The third-order valence-electron chi connectivity index (χ3n) is 1.74. The van der Waals surface area contributed by atoms with E-state index in [1.165, 1.54) is 0 Å². The fourth-order valence-corrected chi connectivity index (χ4v) is 0.964. The van der Waals surface area contributed by atoms with Gasteiger partial charge >= 0.3 is 0 Å². The van der Waals surface area contributed by atoms with Crippen LogP contribution in [0.5, 0.6) is 0 Å². The van der Waals surface area contributed by atoms with Crippen molar-refractivity contribution in [1.82, 2.24) is 0 Å². The summed E-state index contributed by atoms with van der Waals surface area (Å²) in [6.45, 7) is 5.79. The lowest BCUT2D eigenvalue weighted by molar-refractivity contribution is 0.569. The Kier molecular flexibility index (Phi) is 5.35. The van der Waals surface area contributed by atoms with E-state index in [-0.39, 0.29) is 0 Å². The summed E-state index contributed by atoms with van der Waals surface area (Å²) in [5.41, 5.74) is 11.5. The Labute approximate surface area is 69.0 Å². The molecule has 11 heavy (non-hydrogen) atoms. The molecule has 0 amide bonds. The predicted octanol–water partition coefficient (Wildman–Crippen LogP) is 1.74. The van der Waals surface area contributed by atoms with Crippen molar-refractivity contribution in [3.63, 3.8) is 0 Å². The Morgan fingerprint density at radius 1 is 1.64 bits per heavy atom. The summed E-state index contributed by atoms with van der Waals surface area (Å²) >= 11 is 0. The molecule has 0 rings (SSSR count). The van der Waals surface area contributed by atoms with E-state index >= 15 is 0 Å². The molecule has 0 aliphatic carbocycles. The first-order valence-electron chi connectivity index (χ1n) is 4.02. The van der Waals surface area contributed by atoms with Gasteiger partial charge in [-0.3, -0.25) is 0 Å². The van der Waals surface area contributed by atoms with E-state index in [1.807, 2.05) is 6.08 Å². The standard InChI is InChI=1S/C9H18N2/c1-3-9(6-7-10)5-4-8(2)11/h6-7,9H,2-5,10-11H2,1H3/b7-6-. The van der Waals surface area contributed by atoms with E-state index in [1.54, 1.807) is 6.20 Å². The number of hydrogen-bond acceptors (Lipinski definition) is 2. The molecule has 0 fully saturated rings. The summed E-state index contributed by atoms with van der Waals surface area (Å²) in [6, 6.07) is 0. The summed E-state index contributed by atoms with van der Waals surface area (Å²) in [4.78, 5) is 0. The van der Waals surface area contributed by atoms with Gasteiger partial charge in [-0.15, -0.1) is 0 Å². The Bertz CT molecular complexity index is 138. The highest BCUT2D eigenvalue weighted by atomic mass is 14.6. The van der Waals surface area contributed by atoms with Crippen LogP contribution < -0.4 is 11.5 Å². The Balaban J connectivity index is 3.60. The summed E-state index contributed by atoms with van der Waals surface area (Å²) in [5, 5.41) is 0. The van der Waals surface area contributed by atoms with Crippen molar-refractivity contribution in [1.29, 1.82) is 0 Å². The lowest BCUT2D eigenvalue weighted by Crippen LogP contribution is -2.00. The maximum atomic E-state index is 5.44. The zero-order valence-electron chi connectivity index (χ0n) is 7.22. The van der Waals surface area contributed by atoms with Crippen LogP contribution >= 0.6 is 0 Å². The van der Waals surface area contributed by atoms with E-state index < -0.39 is 0 Å². The van der Waals surface area contributed by atoms with Gasteiger partial charge in [0.15, 0.2) is 0 Å². The molecule has 0 aromatic heterocycles. The SMILES string of the molecule is C=C(N)CCC(/C=C\N)CC. The van der Waals surface area contributed by atoms with Gasteiger partial charge < -0.3 is 11.5 Å². The molecule has 0 aromatic carbocycles. The highest BCUT2D eigenvalue weighted by Gasteiger charge is 2.00. The monoisotopic (exact) mass is 154 g/mol. The lowest BCUT2D eigenvalue weighted by atomic mass is 10.00. The highest BCUT2D eigenvalue weighted by Crippen LogP contribution is 2.13. The molecule has 1 unspecified atom stereocenters. The Morgan fingerprint density at radius 2 is 2.27 bits per heavy atom. The van der Waals surface area contributed by atoms with Gasteiger partial charge in [0, 0.05) is 5.70 Å². The van der Waals surface area contributed by atoms with Crippen LogP contribution in [0.4, 0.5) is 0 Å². The van der Waals surface area contributed by atoms with Gasteiger partial charge in [0.25, 0.3) is 0 Å². The molecular weight excluding hydrogens is 136 g/mol. The summed E-state index contributed by atoms with van der Waals surface area (Å²) in [5.74, 6) is 0.556. The molecule has 1 atom stereocenters. The van der Waals surface area contributed by atoms with Gasteiger partial charge in [-0.1, -0.05) is 19.6 Å². The van der Waals surface area contributed by atoms with Crippen LogP contribution in [0.25, 0.3) is 0 Å². The fourth-order valence-electron chi connectivity index (χ4n) is 0.964. The highest BCUT2D eigenvalue weighted by molar-refractivity contribution is 4.90. The molecule has 0 heterocycles. The van der Waals surface area contributed by atoms with E-state index in [0.717, 1.165) is 25.0 Å². The van der Waals surface area contributed by atoms with Crippen LogP contribution in [0, 0.1) is 5.92 Å². The molecule has 0 aromatic rings. The maximum absolute atomic E-state index is 5.44. The summed E-state index contributed by atoms with van der Waals surface area (Å²) in [6.07, 6.45) is 6.68. The quantitative estimate of drug-likeness (QED) is 0.633. The minimum absolute atomic E-state index is 0.556. The first-order valence-corrected chi connectivity index (χ1v) is 4.02. The number of rotatable bonds is 5. The van der Waals surface area contributed by atoms with Crippen molar-refractivity contribution < 1.29 is 0 Å². The first kappa shape index (κ1) is 10.1. The van der Waals surface area contributed by atoms with Gasteiger partial charge in [0.2, 0.25) is 0 Å². The van der Waals surface area contributed by atoms with Crippen molar-refractivity contribution in [2.24, 2.45) is 17.4 Å². The lowest BCUT2D eigenvalue weighted by Gasteiger charge is -2.08. The predicted molar refractivity (Wildman–Crippen MR) is 49.7 cm³/mol. The van der Waals surface area contributed by atoms with Crippen molar-refractivity contribution in [2.45, 2.75) is 26.2 Å². The fraction of sp³-hybridized carbons (Fsp3) is 0.556. The molecule has 2 heteroatoms. The molecule has 64 valence electrons. The molecule has 0 aliphatic rings. The smallest absolute Gasteiger partial charge is 0.000766 e. The van der Waals surface area contributed by atoms with E-state index in [0.29, 0.717) is 5.92 Å². The second-order valence-corrected chi connectivity index (χ2v) is 2.75. The van der Waals surface area contributed by atoms with Crippen LogP contribution in [0.2, 0.25) is 0 Å². The van der Waals surface area contributed by atoms with Crippen LogP contribution in [0.1, 0.15) is 26.2 Å². The second-order valence-electron chi connectivity index (χ2n) is 2.75. The van der Waals surface area contributed by atoms with Crippen molar-refractivity contribution >= 4 is 0 Å². The van der Waals surface area contributed by atoms with E-state index in [4.69, 9.17) is 11.5 Å². The molecule has 0 bridgehead atoms. The van der Waals surface area contributed by atoms with Crippen LogP contribution in [-0.4, -0.2) is 0 Å². The molecule has 0 radical (unpaired) electrons. The molecule has 4 N–H and O–H groups in total. The van der Waals surface area contributed by atoms with Crippen molar-refractivity contribution in [2.75, 3.05) is 0 Å². The van der Waals surface area contributed by atoms with Gasteiger partial charge in [0.1, 0.15) is 0 Å². The van der Waals surface area contributed by atoms with Gasteiger partial charge in [-0.05, 0) is 31.4 Å². The topological polar surface area (TPSA) is 52.0 Å². The number of nitrogens with two attached hydrogens (primary N) is 2. The van der Waals surface area contributed by atoms with Crippen molar-refractivity contribution in [3.8, 4) is 0 Å². The van der Waals surface area contributed by atoms with E-state index in [9.17, 15) is 0 Å².